The van der Waals surface area contributed by atoms with Crippen molar-refractivity contribution in [3.05, 3.63) is 23.8 Å². The average Bonchev–Trinajstić information content (AvgIpc) is 2.62. The van der Waals surface area contributed by atoms with E-state index in [1.54, 1.807) is 19.1 Å². The molecule has 9 heteroatoms. The van der Waals surface area contributed by atoms with Crippen LogP contribution in [0.2, 0.25) is 0 Å². The number of nitrogens with one attached hydrogen (secondary N) is 1. The first-order valence-electron chi connectivity index (χ1n) is 8.87. The highest BCUT2D eigenvalue weighted by Crippen LogP contribution is 2.30. The molecule has 1 saturated heterocycles. The van der Waals surface area contributed by atoms with Crippen molar-refractivity contribution in [1.29, 1.82) is 0 Å². The zero-order valence-corrected chi connectivity index (χ0v) is 16.6. The molecule has 0 bridgehead atoms. The highest BCUT2D eigenvalue weighted by atomic mass is 35.5. The number of hydrogen-bond donors (Lipinski definition) is 1. The van der Waals surface area contributed by atoms with Gasteiger partial charge in [-0.25, -0.2) is 0 Å². The summed E-state index contributed by atoms with van der Waals surface area (Å²) < 4.78 is 34.8. The smallest absolute Gasteiger partial charge is 0.387 e. The highest BCUT2D eigenvalue weighted by Gasteiger charge is 2.17. The van der Waals surface area contributed by atoms with Crippen molar-refractivity contribution in [2.45, 2.75) is 26.5 Å². The van der Waals surface area contributed by atoms with Gasteiger partial charge >= 0.3 is 6.61 Å². The number of piperazine rings is 1. The van der Waals surface area contributed by atoms with Crippen LogP contribution in [0.25, 0.3) is 0 Å². The summed E-state index contributed by atoms with van der Waals surface area (Å²) in [5, 5.41) is 3.23. The monoisotopic (exact) mass is 407 g/mol. The minimum atomic E-state index is -2.89. The Kier molecular flexibility index (Phi) is 10.4. The minimum Gasteiger partial charge on any atom is -0.490 e. The van der Waals surface area contributed by atoms with Crippen LogP contribution in [0.4, 0.5) is 8.78 Å². The Morgan fingerprint density at radius 1 is 1.30 bits per heavy atom. The Hall–Kier alpha value is -1.64. The van der Waals surface area contributed by atoms with Gasteiger partial charge in [0, 0.05) is 45.7 Å². The van der Waals surface area contributed by atoms with Crippen molar-refractivity contribution >= 4 is 18.3 Å². The molecule has 0 radical (unpaired) electrons. The molecule has 0 aliphatic carbocycles. The summed E-state index contributed by atoms with van der Waals surface area (Å²) in [6, 6.07) is 4.93. The fourth-order valence-electron chi connectivity index (χ4n) is 2.86. The van der Waals surface area contributed by atoms with Crippen molar-refractivity contribution in [2.24, 2.45) is 0 Å². The quantitative estimate of drug-likeness (QED) is 0.681. The minimum absolute atomic E-state index is 0. The predicted octanol–water partition coefficient (Wildman–Crippen LogP) is 2.36. The Balaban J connectivity index is 0.00000364. The molecular weight excluding hydrogens is 380 g/mol. The Morgan fingerprint density at radius 3 is 2.63 bits per heavy atom. The van der Waals surface area contributed by atoms with E-state index in [2.05, 4.69) is 10.1 Å². The molecule has 0 spiro atoms. The summed E-state index contributed by atoms with van der Waals surface area (Å²) >= 11 is 0. The fourth-order valence-corrected chi connectivity index (χ4v) is 2.86. The molecular formula is C18H28ClF2N3O3. The summed E-state index contributed by atoms with van der Waals surface area (Å²) in [5.41, 5.74) is 0.909. The predicted molar refractivity (Wildman–Crippen MR) is 102 cm³/mol. The topological polar surface area (TPSA) is 54.0 Å². The van der Waals surface area contributed by atoms with Crippen LogP contribution in [0, 0.1) is 0 Å². The lowest BCUT2D eigenvalue weighted by molar-refractivity contribution is -0.132. The van der Waals surface area contributed by atoms with Crippen molar-refractivity contribution < 1.29 is 23.0 Å². The molecule has 0 aromatic heterocycles. The van der Waals surface area contributed by atoms with Crippen LogP contribution < -0.4 is 14.8 Å². The molecule has 0 saturated carbocycles. The maximum atomic E-state index is 12.5. The van der Waals surface area contributed by atoms with Crippen LogP contribution in [0.15, 0.2) is 18.2 Å². The molecule has 0 unspecified atom stereocenters. The number of benzene rings is 1. The van der Waals surface area contributed by atoms with E-state index in [1.165, 1.54) is 6.07 Å². The molecule has 1 heterocycles. The number of nitrogens with zero attached hydrogens (tertiary/aromatic N) is 2. The second-order valence-electron chi connectivity index (χ2n) is 6.21. The number of ether oxygens (including phenoxy) is 2. The van der Waals surface area contributed by atoms with E-state index in [9.17, 15) is 13.6 Å². The van der Waals surface area contributed by atoms with Crippen LogP contribution in [0.5, 0.6) is 11.5 Å². The number of halogens is 3. The van der Waals surface area contributed by atoms with Crippen LogP contribution in [-0.4, -0.2) is 68.7 Å². The third kappa shape index (κ3) is 7.86. The zero-order valence-electron chi connectivity index (χ0n) is 15.7. The maximum absolute atomic E-state index is 12.5. The van der Waals surface area contributed by atoms with Crippen molar-refractivity contribution in [3.8, 4) is 11.5 Å². The van der Waals surface area contributed by atoms with Crippen molar-refractivity contribution in [2.75, 3.05) is 46.4 Å². The summed E-state index contributed by atoms with van der Waals surface area (Å²) in [6.45, 7) is 3.66. The van der Waals surface area contributed by atoms with Crippen LogP contribution >= 0.6 is 12.4 Å². The van der Waals surface area contributed by atoms with Gasteiger partial charge < -0.3 is 24.6 Å². The first-order valence-corrected chi connectivity index (χ1v) is 8.87. The summed E-state index contributed by atoms with van der Waals surface area (Å²) in [5.74, 6) is 0.492. The number of rotatable bonds is 9. The van der Waals surface area contributed by atoms with Gasteiger partial charge in [-0.1, -0.05) is 6.07 Å². The SMILES string of the molecule is CCOc1cc(CN(C)CCC(=O)N2CCNCC2)ccc1OC(F)F.Cl. The number of carbonyl (C=O) groups excluding carboxylic acids is 1. The Morgan fingerprint density at radius 2 is 2.00 bits per heavy atom. The number of hydrogen-bond acceptors (Lipinski definition) is 5. The molecule has 6 nitrogen and oxygen atoms in total. The normalized spacial score (nSPS) is 14.2. The first-order chi connectivity index (χ1) is 12.5. The first kappa shape index (κ1) is 23.4. The van der Waals surface area contributed by atoms with E-state index in [4.69, 9.17) is 4.74 Å². The third-order valence-electron chi connectivity index (χ3n) is 4.15. The molecule has 1 aliphatic rings. The number of carbonyl (C=O) groups is 1. The summed E-state index contributed by atoms with van der Waals surface area (Å²) in [6.07, 6.45) is 0.460. The Labute approximate surface area is 165 Å². The Bertz CT molecular complexity index is 587. The van der Waals surface area contributed by atoms with Gasteiger partial charge in [-0.2, -0.15) is 8.78 Å². The van der Waals surface area contributed by atoms with E-state index < -0.39 is 6.61 Å². The standard InChI is InChI=1S/C18H27F2N3O3.ClH/c1-3-25-16-12-14(4-5-15(16)26-18(19)20)13-22(2)9-6-17(24)23-10-7-21-8-11-23;/h4-5,12,18,21H,3,6-11,13H2,1-2H3;1H. The van der Waals surface area contributed by atoms with E-state index in [-0.39, 0.29) is 24.1 Å². The second-order valence-corrected chi connectivity index (χ2v) is 6.21. The lowest BCUT2D eigenvalue weighted by atomic mass is 10.2. The molecule has 1 aromatic rings. The summed E-state index contributed by atoms with van der Waals surface area (Å²) in [7, 11) is 1.93. The van der Waals surface area contributed by atoms with Crippen molar-refractivity contribution in [3.63, 3.8) is 0 Å². The molecule has 1 N–H and O–H groups in total. The van der Waals surface area contributed by atoms with Crippen LogP contribution in [0.3, 0.4) is 0 Å². The molecule has 1 amide bonds. The lowest BCUT2D eigenvalue weighted by Gasteiger charge is -2.28. The number of amides is 1. The van der Waals surface area contributed by atoms with E-state index >= 15 is 0 Å². The van der Waals surface area contributed by atoms with Gasteiger partial charge in [-0.05, 0) is 31.7 Å². The van der Waals surface area contributed by atoms with Gasteiger partial charge in [0.25, 0.3) is 0 Å². The maximum Gasteiger partial charge on any atom is 0.387 e. The molecule has 1 fully saturated rings. The van der Waals surface area contributed by atoms with Gasteiger partial charge in [-0.15, -0.1) is 12.4 Å². The molecule has 1 aliphatic heterocycles. The molecule has 2 rings (SSSR count). The van der Waals surface area contributed by atoms with Gasteiger partial charge in [0.05, 0.1) is 6.61 Å². The molecule has 27 heavy (non-hydrogen) atoms. The largest absolute Gasteiger partial charge is 0.490 e. The lowest BCUT2D eigenvalue weighted by Crippen LogP contribution is -2.47. The van der Waals surface area contributed by atoms with Gasteiger partial charge in [-0.3, -0.25) is 4.79 Å². The fraction of sp³-hybridized carbons (Fsp3) is 0.611. The van der Waals surface area contributed by atoms with Gasteiger partial charge in [0.2, 0.25) is 5.91 Å². The molecule has 1 aromatic carbocycles. The van der Waals surface area contributed by atoms with Crippen LogP contribution in [-0.2, 0) is 11.3 Å². The van der Waals surface area contributed by atoms with Crippen LogP contribution in [0.1, 0.15) is 18.9 Å². The highest BCUT2D eigenvalue weighted by molar-refractivity contribution is 5.85. The molecule has 0 atom stereocenters. The zero-order chi connectivity index (χ0) is 18.9. The average molecular weight is 408 g/mol. The van der Waals surface area contributed by atoms with Gasteiger partial charge in [0.15, 0.2) is 11.5 Å². The number of alkyl halides is 2. The van der Waals surface area contributed by atoms with E-state index in [0.29, 0.717) is 31.9 Å². The van der Waals surface area contributed by atoms with Crippen molar-refractivity contribution in [1.82, 2.24) is 15.1 Å². The molecule has 154 valence electrons. The van der Waals surface area contributed by atoms with E-state index in [0.717, 1.165) is 31.7 Å². The summed E-state index contributed by atoms with van der Waals surface area (Å²) in [4.78, 5) is 16.1. The third-order valence-corrected chi connectivity index (χ3v) is 4.15. The second kappa shape index (κ2) is 11.9. The van der Waals surface area contributed by atoms with Gasteiger partial charge in [0.1, 0.15) is 0 Å². The van der Waals surface area contributed by atoms with E-state index in [1.807, 2.05) is 16.8 Å².